The summed E-state index contributed by atoms with van der Waals surface area (Å²) in [5, 5.41) is 3.60. The molecule has 0 radical (unpaired) electrons. The lowest BCUT2D eigenvalue weighted by Gasteiger charge is -2.34. The van der Waals surface area contributed by atoms with Crippen molar-refractivity contribution >= 4 is 50.7 Å². The number of rotatable bonds is 12. The lowest BCUT2D eigenvalue weighted by atomic mass is 10.0. The first kappa shape index (κ1) is 32.4. The van der Waals surface area contributed by atoms with E-state index in [1.165, 1.54) is 4.90 Å². The molecular weight excluding hydrogens is 581 g/mol. The Morgan fingerprint density at radius 2 is 1.49 bits per heavy atom. The first-order valence-corrected chi connectivity index (χ1v) is 16.0. The Balaban J connectivity index is 2.06. The summed E-state index contributed by atoms with van der Waals surface area (Å²) in [6.07, 6.45) is 1.29. The van der Waals surface area contributed by atoms with Gasteiger partial charge < -0.3 is 10.2 Å². The van der Waals surface area contributed by atoms with Gasteiger partial charge in [0.1, 0.15) is 12.6 Å². The van der Waals surface area contributed by atoms with Gasteiger partial charge in [0.15, 0.2) is 0 Å². The molecule has 0 unspecified atom stereocenters. The van der Waals surface area contributed by atoms with E-state index in [0.717, 1.165) is 21.7 Å². The van der Waals surface area contributed by atoms with E-state index in [-0.39, 0.29) is 30.8 Å². The van der Waals surface area contributed by atoms with Crippen LogP contribution in [-0.4, -0.2) is 50.0 Å². The predicted octanol–water partition coefficient (Wildman–Crippen LogP) is 6.05. The van der Waals surface area contributed by atoms with Gasteiger partial charge in [0.25, 0.3) is 0 Å². The molecule has 0 spiro atoms. The zero-order valence-corrected chi connectivity index (χ0v) is 26.3. The number of halogens is 2. The number of anilines is 1. The summed E-state index contributed by atoms with van der Waals surface area (Å²) >= 11 is 12.4. The van der Waals surface area contributed by atoms with Crippen molar-refractivity contribution in [1.82, 2.24) is 10.2 Å². The minimum atomic E-state index is -3.84. The number of sulfonamides is 1. The van der Waals surface area contributed by atoms with Crippen LogP contribution in [0.25, 0.3) is 0 Å². The van der Waals surface area contributed by atoms with E-state index in [0.29, 0.717) is 21.3 Å². The second-order valence-electron chi connectivity index (χ2n) is 10.7. The normalized spacial score (nSPS) is 12.3. The highest BCUT2D eigenvalue weighted by Gasteiger charge is 2.33. The number of amides is 2. The standard InChI is InChI=1S/C31H37Cl2N3O4S/c1-21(2)25-12-14-26(15-13-25)36(41(5,39)40)20-30(37)35(19-24-11-16-27(32)28(33)17-24)29(31(38)34-22(3)4)18-23-9-7-6-8-10-23/h6-17,21-22,29H,18-20H2,1-5H3,(H,34,38)/t29-/m1/s1. The quantitative estimate of drug-likeness (QED) is 0.268. The van der Waals surface area contributed by atoms with Gasteiger partial charge in [-0.15, -0.1) is 0 Å². The van der Waals surface area contributed by atoms with Gasteiger partial charge >= 0.3 is 0 Å². The lowest BCUT2D eigenvalue weighted by molar-refractivity contribution is -0.140. The Labute approximate surface area is 253 Å². The number of nitrogens with zero attached hydrogens (tertiary/aromatic N) is 2. The van der Waals surface area contributed by atoms with Gasteiger partial charge in [-0.05, 0) is 60.7 Å². The topological polar surface area (TPSA) is 86.8 Å². The van der Waals surface area contributed by atoms with Crippen molar-refractivity contribution in [3.05, 3.63) is 99.5 Å². The maximum Gasteiger partial charge on any atom is 0.244 e. The summed E-state index contributed by atoms with van der Waals surface area (Å²) in [5.74, 6) is -0.615. The van der Waals surface area contributed by atoms with Crippen molar-refractivity contribution in [2.75, 3.05) is 17.1 Å². The molecule has 3 aromatic carbocycles. The van der Waals surface area contributed by atoms with Gasteiger partial charge in [-0.1, -0.05) is 85.6 Å². The van der Waals surface area contributed by atoms with E-state index in [1.807, 2.05) is 70.2 Å². The van der Waals surface area contributed by atoms with Crippen LogP contribution in [0.5, 0.6) is 0 Å². The highest BCUT2D eigenvalue weighted by Crippen LogP contribution is 2.26. The first-order chi connectivity index (χ1) is 19.3. The molecule has 41 heavy (non-hydrogen) atoms. The average Bonchev–Trinajstić information content (AvgIpc) is 2.90. The van der Waals surface area contributed by atoms with E-state index >= 15 is 0 Å². The molecule has 1 atom stereocenters. The van der Waals surface area contributed by atoms with Crippen LogP contribution < -0.4 is 9.62 Å². The molecule has 0 fully saturated rings. The van der Waals surface area contributed by atoms with E-state index in [9.17, 15) is 18.0 Å². The number of carbonyl (C=O) groups excluding carboxylic acids is 2. The fourth-order valence-electron chi connectivity index (χ4n) is 4.41. The second-order valence-corrected chi connectivity index (χ2v) is 13.4. The van der Waals surface area contributed by atoms with E-state index in [1.54, 1.807) is 30.3 Å². The Morgan fingerprint density at radius 3 is 2.02 bits per heavy atom. The molecule has 0 aliphatic rings. The minimum Gasteiger partial charge on any atom is -0.352 e. The molecule has 0 bridgehead atoms. The molecule has 3 rings (SSSR count). The largest absolute Gasteiger partial charge is 0.352 e. The third kappa shape index (κ3) is 9.21. The molecule has 220 valence electrons. The van der Waals surface area contributed by atoms with E-state index < -0.39 is 28.5 Å². The summed E-state index contributed by atoms with van der Waals surface area (Å²) in [7, 11) is -3.84. The number of benzene rings is 3. The van der Waals surface area contributed by atoms with Crippen molar-refractivity contribution in [3.63, 3.8) is 0 Å². The van der Waals surface area contributed by atoms with Gasteiger partial charge in [0.2, 0.25) is 21.8 Å². The van der Waals surface area contributed by atoms with E-state index in [4.69, 9.17) is 23.2 Å². The lowest BCUT2D eigenvalue weighted by Crippen LogP contribution is -2.54. The third-order valence-corrected chi connectivity index (χ3v) is 8.45. The summed E-state index contributed by atoms with van der Waals surface area (Å²) in [4.78, 5) is 29.1. The van der Waals surface area contributed by atoms with Crippen LogP contribution in [0.4, 0.5) is 5.69 Å². The summed E-state index contributed by atoms with van der Waals surface area (Å²) in [6, 6.07) is 20.4. The molecule has 3 aromatic rings. The van der Waals surface area contributed by atoms with Crippen molar-refractivity contribution in [3.8, 4) is 0 Å². The number of hydrogen-bond acceptors (Lipinski definition) is 4. The molecule has 2 amide bonds. The van der Waals surface area contributed by atoms with Gasteiger partial charge in [-0.25, -0.2) is 8.42 Å². The van der Waals surface area contributed by atoms with Gasteiger partial charge in [0, 0.05) is 19.0 Å². The van der Waals surface area contributed by atoms with Crippen molar-refractivity contribution in [2.24, 2.45) is 0 Å². The van der Waals surface area contributed by atoms with Gasteiger partial charge in [-0.3, -0.25) is 13.9 Å². The second kappa shape index (κ2) is 14.2. The van der Waals surface area contributed by atoms with Gasteiger partial charge in [-0.2, -0.15) is 0 Å². The molecule has 10 heteroatoms. The van der Waals surface area contributed by atoms with Crippen molar-refractivity contribution in [2.45, 2.75) is 58.7 Å². The van der Waals surface area contributed by atoms with Crippen LogP contribution in [0.3, 0.4) is 0 Å². The highest BCUT2D eigenvalue weighted by atomic mass is 35.5. The summed E-state index contributed by atoms with van der Waals surface area (Å²) in [5.41, 5.74) is 2.91. The van der Waals surface area contributed by atoms with Crippen LogP contribution in [0.15, 0.2) is 72.8 Å². The molecule has 0 saturated heterocycles. The monoisotopic (exact) mass is 617 g/mol. The summed E-state index contributed by atoms with van der Waals surface area (Å²) in [6.45, 7) is 7.30. The number of hydrogen-bond donors (Lipinski definition) is 1. The van der Waals surface area contributed by atoms with Crippen molar-refractivity contribution in [1.29, 1.82) is 0 Å². The molecule has 0 aromatic heterocycles. The molecule has 1 N–H and O–H groups in total. The molecular formula is C31H37Cl2N3O4S. The van der Waals surface area contributed by atoms with Crippen LogP contribution >= 0.6 is 23.2 Å². The fourth-order valence-corrected chi connectivity index (χ4v) is 5.58. The SMILES string of the molecule is CC(C)NC(=O)[C@@H](Cc1ccccc1)N(Cc1ccc(Cl)c(Cl)c1)C(=O)CN(c1ccc(C(C)C)cc1)S(C)(=O)=O. The van der Waals surface area contributed by atoms with Crippen LogP contribution in [-0.2, 0) is 32.6 Å². The van der Waals surface area contributed by atoms with Crippen LogP contribution in [0.1, 0.15) is 50.3 Å². The zero-order valence-electron chi connectivity index (χ0n) is 24.0. The van der Waals surface area contributed by atoms with Crippen molar-refractivity contribution < 1.29 is 18.0 Å². The maximum atomic E-state index is 14.1. The average molecular weight is 619 g/mol. The molecule has 0 aliphatic carbocycles. The third-order valence-electron chi connectivity index (χ3n) is 6.57. The zero-order chi connectivity index (χ0) is 30.3. The van der Waals surface area contributed by atoms with Gasteiger partial charge in [0.05, 0.1) is 22.0 Å². The maximum absolute atomic E-state index is 14.1. The Bertz CT molecular complexity index is 1450. The van der Waals surface area contributed by atoms with E-state index in [2.05, 4.69) is 5.32 Å². The number of nitrogens with one attached hydrogen (secondary N) is 1. The number of carbonyl (C=O) groups is 2. The molecule has 0 saturated carbocycles. The molecule has 7 nitrogen and oxygen atoms in total. The minimum absolute atomic E-state index is 0.0165. The molecule has 0 heterocycles. The summed E-state index contributed by atoms with van der Waals surface area (Å²) < 4.78 is 26.9. The first-order valence-electron chi connectivity index (χ1n) is 13.4. The smallest absolute Gasteiger partial charge is 0.244 e. The van der Waals surface area contributed by atoms with Crippen LogP contribution in [0.2, 0.25) is 10.0 Å². The fraction of sp³-hybridized carbons (Fsp3) is 0.355. The highest BCUT2D eigenvalue weighted by molar-refractivity contribution is 7.92. The molecule has 0 aliphatic heterocycles. The predicted molar refractivity (Wildman–Crippen MR) is 167 cm³/mol. The van der Waals surface area contributed by atoms with Crippen LogP contribution in [0, 0.1) is 0 Å². The Morgan fingerprint density at radius 1 is 0.854 bits per heavy atom. The Kier molecular flexibility index (Phi) is 11.2. The Hall–Kier alpha value is -3.07.